The molecule has 3 aromatic rings. The number of aliphatic hydroxyl groups is 1. The van der Waals surface area contributed by atoms with Gasteiger partial charge in [-0.25, -0.2) is 23.8 Å². The van der Waals surface area contributed by atoms with E-state index >= 15 is 4.39 Å². The average Bonchev–Trinajstić information content (AvgIpc) is 4.01. The highest BCUT2D eigenvalue weighted by molar-refractivity contribution is 7.13. The highest BCUT2D eigenvalue weighted by atomic mass is 32.1. The average molecular weight is 919 g/mol. The Hall–Kier alpha value is -4.45. The molecular formula is C42H63FN10O10S. The quantitative estimate of drug-likeness (QED) is 0.134. The maximum Gasteiger partial charge on any atom is 0.412 e. The Morgan fingerprint density at radius 3 is 2.53 bits per heavy atom. The standard InChI is InChI=1S/C42H63FN10O10S/c1-10-30-42(53-17-13-32(44)47-38(53)57)34(52(39(58)63-42)16-12-11-15-51-23-27(48-49-51)35-45-14-18-64-35)26(4)46-22-24(2)21-40(5,59-9)31(20-29(54)41(6,43)37(56)62-30)61-36-33(55)28(50(7)8)19-25(3)60-36/h13-14,17-18,23-26,28,30-31,33-34,36,46,55H,10-12,15-16,19-22H2,1-9H3,(H2,44,47,57)/t24-,25-,26-,28?,30-,31-,33?,34-,36+,40-,41-,42-/m1/s1. The third-order valence-electron chi connectivity index (χ3n) is 12.8. The van der Waals surface area contributed by atoms with E-state index in [1.54, 1.807) is 30.9 Å². The number of cyclic esters (lactones) is 1. The number of fused-ring (bicyclic) bond motifs is 1. The Morgan fingerprint density at radius 1 is 1.14 bits per heavy atom. The van der Waals surface area contributed by atoms with Crippen LogP contribution in [0.1, 0.15) is 80.1 Å². The smallest absolute Gasteiger partial charge is 0.412 e. The third kappa shape index (κ3) is 10.0. The minimum atomic E-state index is -3.28. The molecule has 0 aliphatic carbocycles. The van der Waals surface area contributed by atoms with E-state index in [0.717, 1.165) is 16.5 Å². The number of aryl methyl sites for hydroxylation is 1. The van der Waals surface area contributed by atoms with E-state index in [-0.39, 0.29) is 43.3 Å². The number of ketones is 1. The summed E-state index contributed by atoms with van der Waals surface area (Å²) >= 11 is 1.45. The fourth-order valence-corrected chi connectivity index (χ4v) is 9.75. The highest BCUT2D eigenvalue weighted by Crippen LogP contribution is 2.43. The topological polar surface area (TPSA) is 241 Å². The number of aliphatic hydroxyl groups excluding tert-OH is 1. The summed E-state index contributed by atoms with van der Waals surface area (Å²) < 4.78 is 50.8. The molecule has 12 atom stereocenters. The number of anilines is 1. The lowest BCUT2D eigenvalue weighted by atomic mass is 9.83. The van der Waals surface area contributed by atoms with E-state index in [9.17, 15) is 24.3 Å². The minimum absolute atomic E-state index is 0.100. The molecule has 3 aromatic heterocycles. The molecule has 0 saturated carbocycles. The number of nitrogens with two attached hydrogens (primary N) is 1. The normalized spacial score (nSPS) is 34.5. The zero-order chi connectivity index (χ0) is 46.7. The maximum atomic E-state index is 17.1. The number of methoxy groups -OCH3 is 1. The number of nitrogens with zero attached hydrogens (tertiary/aromatic N) is 8. The van der Waals surface area contributed by atoms with Gasteiger partial charge in [0.25, 0.3) is 11.4 Å². The first-order valence-corrected chi connectivity index (χ1v) is 22.7. The Bertz CT molecular complexity index is 2140. The molecule has 6 heterocycles. The molecule has 0 bridgehead atoms. The first-order valence-electron chi connectivity index (χ1n) is 21.8. The van der Waals surface area contributed by atoms with Gasteiger partial charge in [0.1, 0.15) is 28.7 Å². The summed E-state index contributed by atoms with van der Waals surface area (Å²) in [6, 6.07) is -0.779. The van der Waals surface area contributed by atoms with Crippen LogP contribution in [-0.2, 0) is 45.5 Å². The lowest BCUT2D eigenvalue weighted by Crippen LogP contribution is -2.65. The Labute approximate surface area is 375 Å². The van der Waals surface area contributed by atoms with E-state index in [4.69, 9.17) is 29.4 Å². The summed E-state index contributed by atoms with van der Waals surface area (Å²) in [4.78, 5) is 68.2. The zero-order valence-electron chi connectivity index (χ0n) is 38.0. The highest BCUT2D eigenvalue weighted by Gasteiger charge is 2.64. The molecule has 3 aliphatic rings. The summed E-state index contributed by atoms with van der Waals surface area (Å²) in [6.45, 7) is 10.7. The number of nitrogens with one attached hydrogen (secondary N) is 1. The van der Waals surface area contributed by atoms with Crippen molar-refractivity contribution in [3.05, 3.63) is 40.5 Å². The van der Waals surface area contributed by atoms with E-state index in [1.807, 2.05) is 45.1 Å². The molecule has 20 nitrogen and oxygen atoms in total. The number of halogens is 1. The summed E-state index contributed by atoms with van der Waals surface area (Å²) in [5, 5.41) is 26.0. The third-order valence-corrected chi connectivity index (χ3v) is 13.6. The van der Waals surface area contributed by atoms with E-state index in [2.05, 4.69) is 25.6 Å². The number of carbonyl (C=O) groups is 3. The largest absolute Gasteiger partial charge is 0.453 e. The second kappa shape index (κ2) is 20.0. The van der Waals surface area contributed by atoms with Crippen LogP contribution in [-0.4, -0.2) is 157 Å². The molecule has 4 N–H and O–H groups in total. The summed E-state index contributed by atoms with van der Waals surface area (Å²) in [5.41, 5.74) is -1.06. The van der Waals surface area contributed by atoms with Gasteiger partial charge in [-0.05, 0) is 92.4 Å². The summed E-state index contributed by atoms with van der Waals surface area (Å²) in [7, 11) is 5.11. The van der Waals surface area contributed by atoms with Gasteiger partial charge < -0.3 is 44.7 Å². The van der Waals surface area contributed by atoms with Crippen molar-refractivity contribution in [2.24, 2.45) is 5.92 Å². The number of Topliss-reactive ketones (excluding diaryl/α,β-unsaturated/α-hetero) is 1. The number of aromatic nitrogens is 6. The van der Waals surface area contributed by atoms with Crippen molar-refractivity contribution < 1.29 is 47.6 Å². The summed E-state index contributed by atoms with van der Waals surface area (Å²) in [6.07, 6.45) is -0.496. The van der Waals surface area contributed by atoms with Gasteiger partial charge in [-0.15, -0.1) is 16.4 Å². The molecule has 22 heteroatoms. The molecule has 3 fully saturated rings. The van der Waals surface area contributed by atoms with Gasteiger partial charge in [0, 0.05) is 56.5 Å². The number of unbranched alkanes of at least 4 members (excludes halogenated alkanes) is 1. The van der Waals surface area contributed by atoms with Crippen molar-refractivity contribution in [3.8, 4) is 10.7 Å². The number of amides is 1. The fourth-order valence-electron chi connectivity index (χ4n) is 9.16. The molecule has 1 amide bonds. The molecule has 0 aromatic carbocycles. The van der Waals surface area contributed by atoms with Crippen molar-refractivity contribution in [1.82, 2.24) is 44.6 Å². The molecule has 0 radical (unpaired) electrons. The van der Waals surface area contributed by atoms with Crippen LogP contribution in [0.5, 0.6) is 0 Å². The van der Waals surface area contributed by atoms with Gasteiger partial charge in [-0.2, -0.15) is 4.98 Å². The minimum Gasteiger partial charge on any atom is -0.453 e. The Morgan fingerprint density at radius 2 is 1.88 bits per heavy atom. The first kappa shape index (κ1) is 49.0. The van der Waals surface area contributed by atoms with Crippen LogP contribution >= 0.6 is 11.3 Å². The Balaban J connectivity index is 1.36. The number of hydrogen-bond acceptors (Lipinski definition) is 18. The van der Waals surface area contributed by atoms with Crippen LogP contribution in [0.3, 0.4) is 0 Å². The zero-order valence-corrected chi connectivity index (χ0v) is 38.8. The molecule has 354 valence electrons. The van der Waals surface area contributed by atoms with Crippen molar-refractivity contribution in [2.75, 3.05) is 40.0 Å². The number of esters is 1. The maximum absolute atomic E-state index is 17.1. The van der Waals surface area contributed by atoms with Gasteiger partial charge >= 0.3 is 17.8 Å². The number of hydrogen-bond donors (Lipinski definition) is 3. The van der Waals surface area contributed by atoms with Crippen molar-refractivity contribution in [3.63, 3.8) is 0 Å². The predicted octanol–water partition coefficient (Wildman–Crippen LogP) is 2.74. The van der Waals surface area contributed by atoms with Crippen LogP contribution < -0.4 is 16.7 Å². The number of rotatable bonds is 12. The molecular weight excluding hydrogens is 856 g/mol. The SMILES string of the molecule is CC[C@H]1OC(=O)[C@](C)(F)C(=O)C[C@@H](O[C@@H]2O[C@H](C)CC(N(C)C)C2O)[C@](C)(OC)C[C@@H](C)CN[C@H](C)[C@H]2N(CCCCn3cc(-c4nccs4)nn3)C(=O)O[C@]12n1ccc(N)nc1=O. The molecule has 6 rings (SSSR count). The van der Waals surface area contributed by atoms with Crippen molar-refractivity contribution in [2.45, 2.75) is 152 Å². The van der Waals surface area contributed by atoms with Crippen LogP contribution in [0.4, 0.5) is 15.0 Å². The van der Waals surface area contributed by atoms with E-state index in [1.165, 1.54) is 35.6 Å². The van der Waals surface area contributed by atoms with Crippen LogP contribution in [0.2, 0.25) is 0 Å². The van der Waals surface area contributed by atoms with E-state index in [0.29, 0.717) is 38.0 Å². The number of thiazole rings is 1. The molecule has 3 saturated heterocycles. The fraction of sp³-hybridized carbons (Fsp3) is 0.714. The van der Waals surface area contributed by atoms with Crippen LogP contribution in [0.25, 0.3) is 10.7 Å². The number of likely N-dealkylation sites (N-methyl/N-ethyl adjacent to an activating group) is 1. The number of ether oxygens (including phenoxy) is 5. The molecule has 0 spiro atoms. The van der Waals surface area contributed by atoms with Gasteiger partial charge in [0.2, 0.25) is 0 Å². The van der Waals surface area contributed by atoms with E-state index < -0.39 is 83.6 Å². The lowest BCUT2D eigenvalue weighted by Gasteiger charge is -2.45. The predicted molar refractivity (Wildman–Crippen MR) is 231 cm³/mol. The number of nitrogen functional groups attached to an aromatic ring is 1. The lowest BCUT2D eigenvalue weighted by molar-refractivity contribution is -0.289. The van der Waals surface area contributed by atoms with Crippen molar-refractivity contribution in [1.29, 1.82) is 0 Å². The van der Waals surface area contributed by atoms with Crippen LogP contribution in [0.15, 0.2) is 34.8 Å². The summed E-state index contributed by atoms with van der Waals surface area (Å²) in [5.74, 6) is -3.11. The second-order valence-electron chi connectivity index (χ2n) is 17.8. The van der Waals surface area contributed by atoms with Gasteiger partial charge in [0.05, 0.1) is 24.0 Å². The van der Waals surface area contributed by atoms with Crippen molar-refractivity contribution >= 4 is 35.0 Å². The van der Waals surface area contributed by atoms with Gasteiger partial charge in [-0.1, -0.05) is 19.1 Å². The van der Waals surface area contributed by atoms with Gasteiger partial charge in [-0.3, -0.25) is 18.9 Å². The number of carbonyl (C=O) groups excluding carboxylic acids is 3. The second-order valence-corrected chi connectivity index (χ2v) is 18.7. The number of alkyl halides is 1. The van der Waals surface area contributed by atoms with Gasteiger partial charge in [0.15, 0.2) is 18.2 Å². The Kier molecular flexibility index (Phi) is 15.3. The van der Waals surface area contributed by atoms with Crippen LogP contribution in [0, 0.1) is 5.92 Å². The first-order chi connectivity index (χ1) is 30.2. The molecule has 2 unspecified atom stereocenters. The molecule has 3 aliphatic heterocycles. The molecule has 64 heavy (non-hydrogen) atoms. The monoisotopic (exact) mass is 918 g/mol.